The van der Waals surface area contributed by atoms with Crippen molar-refractivity contribution in [2.45, 2.75) is 20.3 Å². The topological polar surface area (TPSA) is 54.4 Å². The van der Waals surface area contributed by atoms with E-state index in [4.69, 9.17) is 0 Å². The molecule has 1 rings (SSSR count). The van der Waals surface area contributed by atoms with Gasteiger partial charge in [-0.05, 0) is 25.5 Å². The van der Waals surface area contributed by atoms with E-state index >= 15 is 0 Å². The van der Waals surface area contributed by atoms with Crippen LogP contribution in [0.2, 0.25) is 0 Å². The monoisotopic (exact) mass is 191 g/mol. The highest BCUT2D eigenvalue weighted by Crippen LogP contribution is 1.92. The molecule has 1 aromatic rings. The Hall–Kier alpha value is -1.71. The molecule has 1 amide bonds. The van der Waals surface area contributed by atoms with Gasteiger partial charge in [-0.3, -0.25) is 9.78 Å². The number of nitrogens with zero attached hydrogens (tertiary/aromatic N) is 2. The van der Waals surface area contributed by atoms with Gasteiger partial charge >= 0.3 is 0 Å². The largest absolute Gasteiger partial charge is 0.289 e. The molecule has 14 heavy (non-hydrogen) atoms. The van der Waals surface area contributed by atoms with Crippen molar-refractivity contribution < 1.29 is 4.79 Å². The Morgan fingerprint density at radius 3 is 2.93 bits per heavy atom. The van der Waals surface area contributed by atoms with Crippen LogP contribution in [-0.2, 0) is 0 Å². The summed E-state index contributed by atoms with van der Waals surface area (Å²) < 4.78 is 0. The molecule has 1 aromatic heterocycles. The number of rotatable bonds is 3. The summed E-state index contributed by atoms with van der Waals surface area (Å²) in [6, 6.07) is 5.17. The van der Waals surface area contributed by atoms with E-state index in [1.807, 2.05) is 13.8 Å². The number of pyridine rings is 1. The number of hydrogen-bond acceptors (Lipinski definition) is 3. The molecular weight excluding hydrogens is 178 g/mol. The fourth-order valence-electron chi connectivity index (χ4n) is 0.780. The maximum Gasteiger partial charge on any atom is 0.289 e. The summed E-state index contributed by atoms with van der Waals surface area (Å²) in [5, 5.41) is 3.90. The third-order valence-electron chi connectivity index (χ3n) is 1.76. The first-order valence-corrected chi connectivity index (χ1v) is 4.48. The van der Waals surface area contributed by atoms with Crippen molar-refractivity contribution in [1.29, 1.82) is 0 Å². The molecule has 4 nitrogen and oxygen atoms in total. The number of hydrogen-bond donors (Lipinski definition) is 1. The first-order valence-electron chi connectivity index (χ1n) is 4.48. The first kappa shape index (κ1) is 10.4. The minimum Gasteiger partial charge on any atom is -0.266 e. The number of aromatic nitrogens is 1. The van der Waals surface area contributed by atoms with Crippen molar-refractivity contribution in [2.75, 3.05) is 0 Å². The zero-order chi connectivity index (χ0) is 10.4. The second kappa shape index (κ2) is 5.11. The van der Waals surface area contributed by atoms with Gasteiger partial charge in [-0.2, -0.15) is 5.10 Å². The molecule has 4 heteroatoms. The van der Waals surface area contributed by atoms with Gasteiger partial charge in [0.25, 0.3) is 5.91 Å². The van der Waals surface area contributed by atoms with Gasteiger partial charge in [-0.1, -0.05) is 13.0 Å². The molecule has 0 saturated heterocycles. The molecule has 0 radical (unpaired) electrons. The lowest BCUT2D eigenvalue weighted by atomic mass is 10.3. The average molecular weight is 191 g/mol. The summed E-state index contributed by atoms with van der Waals surface area (Å²) in [5.41, 5.74) is 3.69. The number of carbonyl (C=O) groups is 1. The summed E-state index contributed by atoms with van der Waals surface area (Å²) in [5.74, 6) is -0.279. The predicted octanol–water partition coefficient (Wildman–Crippen LogP) is 1.60. The Balaban J connectivity index is 2.60. The van der Waals surface area contributed by atoms with Gasteiger partial charge < -0.3 is 0 Å². The van der Waals surface area contributed by atoms with Crippen LogP contribution in [0, 0.1) is 0 Å². The lowest BCUT2D eigenvalue weighted by molar-refractivity contribution is 0.0950. The van der Waals surface area contributed by atoms with E-state index < -0.39 is 0 Å². The summed E-state index contributed by atoms with van der Waals surface area (Å²) in [6.45, 7) is 3.84. The van der Waals surface area contributed by atoms with Gasteiger partial charge in [0.15, 0.2) is 0 Å². The molecule has 0 atom stereocenters. The molecule has 0 aliphatic heterocycles. The Bertz CT molecular complexity index is 332. The standard InChI is InChI=1S/C10H13N3O/c1-3-8(2)12-13-10(14)9-6-4-5-7-11-9/h4-7H,3H2,1-2H3,(H,13,14)/b12-8+. The predicted molar refractivity (Wildman–Crippen MR) is 55.1 cm³/mol. The van der Waals surface area contributed by atoms with E-state index in [0.29, 0.717) is 5.69 Å². The van der Waals surface area contributed by atoms with Gasteiger partial charge in [0.2, 0.25) is 0 Å². The lowest BCUT2D eigenvalue weighted by Gasteiger charge is -1.99. The number of carbonyl (C=O) groups excluding carboxylic acids is 1. The Labute approximate surface area is 83.1 Å². The number of hydrazone groups is 1. The lowest BCUT2D eigenvalue weighted by Crippen LogP contribution is -2.19. The van der Waals surface area contributed by atoms with Crippen molar-refractivity contribution in [1.82, 2.24) is 10.4 Å². The van der Waals surface area contributed by atoms with E-state index in [2.05, 4.69) is 15.5 Å². The molecule has 0 saturated carbocycles. The van der Waals surface area contributed by atoms with Crippen LogP contribution in [0.5, 0.6) is 0 Å². The highest BCUT2D eigenvalue weighted by Gasteiger charge is 2.03. The van der Waals surface area contributed by atoms with E-state index in [0.717, 1.165) is 12.1 Å². The van der Waals surface area contributed by atoms with Crippen molar-refractivity contribution in [3.05, 3.63) is 30.1 Å². The molecule has 74 valence electrons. The fraction of sp³-hybridized carbons (Fsp3) is 0.300. The molecule has 1 heterocycles. The van der Waals surface area contributed by atoms with Crippen LogP contribution in [0.1, 0.15) is 30.8 Å². The number of amides is 1. The minimum atomic E-state index is -0.279. The van der Waals surface area contributed by atoms with Crippen molar-refractivity contribution in [3.8, 4) is 0 Å². The molecule has 0 fully saturated rings. The van der Waals surface area contributed by atoms with E-state index in [-0.39, 0.29) is 5.91 Å². The molecule has 1 N–H and O–H groups in total. The smallest absolute Gasteiger partial charge is 0.266 e. The zero-order valence-electron chi connectivity index (χ0n) is 8.32. The summed E-state index contributed by atoms with van der Waals surface area (Å²) in [4.78, 5) is 15.3. The Kier molecular flexibility index (Phi) is 3.79. The molecule has 0 aliphatic rings. The average Bonchev–Trinajstić information content (AvgIpc) is 2.26. The van der Waals surface area contributed by atoms with Gasteiger partial charge in [0.1, 0.15) is 5.69 Å². The summed E-state index contributed by atoms with van der Waals surface area (Å²) in [6.07, 6.45) is 2.40. The Morgan fingerprint density at radius 2 is 2.36 bits per heavy atom. The SMILES string of the molecule is CC/C(C)=N/NC(=O)c1ccccn1. The molecule has 0 spiro atoms. The van der Waals surface area contributed by atoms with Gasteiger partial charge in [0, 0.05) is 11.9 Å². The molecule has 0 aromatic carbocycles. The van der Waals surface area contributed by atoms with Gasteiger partial charge in [-0.25, -0.2) is 5.43 Å². The quantitative estimate of drug-likeness (QED) is 0.582. The van der Waals surface area contributed by atoms with Crippen LogP contribution >= 0.6 is 0 Å². The molecule has 0 bridgehead atoms. The maximum absolute atomic E-state index is 11.4. The van der Waals surface area contributed by atoms with Crippen molar-refractivity contribution >= 4 is 11.6 Å². The minimum absolute atomic E-state index is 0.279. The Morgan fingerprint density at radius 1 is 1.57 bits per heavy atom. The van der Waals surface area contributed by atoms with Crippen LogP contribution in [0.25, 0.3) is 0 Å². The molecular formula is C10H13N3O. The zero-order valence-corrected chi connectivity index (χ0v) is 8.32. The number of nitrogens with one attached hydrogen (secondary N) is 1. The molecule has 0 unspecified atom stereocenters. The van der Waals surface area contributed by atoms with Crippen LogP contribution in [0.4, 0.5) is 0 Å². The van der Waals surface area contributed by atoms with Crippen LogP contribution in [-0.4, -0.2) is 16.6 Å². The highest BCUT2D eigenvalue weighted by atomic mass is 16.2. The van der Waals surface area contributed by atoms with Crippen LogP contribution in [0.3, 0.4) is 0 Å². The fourth-order valence-corrected chi connectivity index (χ4v) is 0.780. The third-order valence-corrected chi connectivity index (χ3v) is 1.76. The first-order chi connectivity index (χ1) is 6.74. The summed E-state index contributed by atoms with van der Waals surface area (Å²) in [7, 11) is 0. The maximum atomic E-state index is 11.4. The van der Waals surface area contributed by atoms with Gasteiger partial charge in [-0.15, -0.1) is 0 Å². The van der Waals surface area contributed by atoms with Gasteiger partial charge in [0.05, 0.1) is 0 Å². The van der Waals surface area contributed by atoms with Crippen molar-refractivity contribution in [2.24, 2.45) is 5.10 Å². The highest BCUT2D eigenvalue weighted by molar-refractivity contribution is 5.93. The second-order valence-corrected chi connectivity index (χ2v) is 2.86. The normalized spacial score (nSPS) is 11.1. The molecule has 0 aliphatic carbocycles. The van der Waals surface area contributed by atoms with Crippen LogP contribution in [0.15, 0.2) is 29.5 Å². The van der Waals surface area contributed by atoms with Crippen molar-refractivity contribution in [3.63, 3.8) is 0 Å². The third kappa shape index (κ3) is 2.97. The summed E-state index contributed by atoms with van der Waals surface area (Å²) >= 11 is 0. The second-order valence-electron chi connectivity index (χ2n) is 2.86. The van der Waals surface area contributed by atoms with E-state index in [9.17, 15) is 4.79 Å². The van der Waals surface area contributed by atoms with E-state index in [1.54, 1.807) is 24.4 Å². The van der Waals surface area contributed by atoms with Crippen LogP contribution < -0.4 is 5.43 Å². The van der Waals surface area contributed by atoms with E-state index in [1.165, 1.54) is 0 Å².